The zero-order valence-electron chi connectivity index (χ0n) is 7.83. The molecule has 2 rings (SSSR count). The maximum atomic E-state index is 13.1. The monoisotopic (exact) mass is 206 g/mol. The van der Waals surface area contributed by atoms with Gasteiger partial charge in [0.25, 0.3) is 0 Å². The van der Waals surface area contributed by atoms with Gasteiger partial charge in [0.2, 0.25) is 0 Å². The van der Waals surface area contributed by atoms with E-state index < -0.39 is 16.9 Å². The molecule has 70 valence electrons. The standard InChI is InChI=1S/C9H9FO2S.Li/c10-8-5-7(6-1-2-6)3-4-9(8)13(11)12;/h3-6H,1-2H2,(H,11,12);/q;+1/p-1. The minimum atomic E-state index is -2.47. The molecule has 0 N–H and O–H groups in total. The van der Waals surface area contributed by atoms with Crippen molar-refractivity contribution in [2.24, 2.45) is 0 Å². The van der Waals surface area contributed by atoms with Crippen LogP contribution < -0.4 is 18.9 Å². The van der Waals surface area contributed by atoms with Gasteiger partial charge < -0.3 is 4.55 Å². The molecule has 0 heterocycles. The number of benzene rings is 1. The largest absolute Gasteiger partial charge is 1.00 e. The molecule has 1 aromatic rings. The summed E-state index contributed by atoms with van der Waals surface area (Å²) >= 11 is -2.47. The molecule has 0 aliphatic heterocycles. The number of hydrogen-bond acceptors (Lipinski definition) is 2. The number of hydrogen-bond donors (Lipinski definition) is 0. The number of rotatable bonds is 2. The fourth-order valence-corrected chi connectivity index (χ4v) is 1.72. The predicted octanol–water partition coefficient (Wildman–Crippen LogP) is -1.05. The van der Waals surface area contributed by atoms with E-state index in [1.807, 2.05) is 0 Å². The van der Waals surface area contributed by atoms with E-state index in [0.717, 1.165) is 18.4 Å². The minimum absolute atomic E-state index is 0. The first-order valence-electron chi connectivity index (χ1n) is 4.07. The molecule has 1 aromatic carbocycles. The summed E-state index contributed by atoms with van der Waals surface area (Å²) in [5, 5.41) is 0. The summed E-state index contributed by atoms with van der Waals surface area (Å²) in [6.07, 6.45) is 2.17. The quantitative estimate of drug-likeness (QED) is 0.457. The molecule has 1 saturated carbocycles. The van der Waals surface area contributed by atoms with Crippen molar-refractivity contribution in [3.05, 3.63) is 29.6 Å². The smallest absolute Gasteiger partial charge is 0.768 e. The Morgan fingerprint density at radius 1 is 1.43 bits per heavy atom. The first-order chi connectivity index (χ1) is 6.18. The predicted molar refractivity (Wildman–Crippen MR) is 45.6 cm³/mol. The van der Waals surface area contributed by atoms with Crippen LogP contribution in [-0.4, -0.2) is 8.76 Å². The third-order valence-corrected chi connectivity index (χ3v) is 2.87. The molecule has 0 aromatic heterocycles. The van der Waals surface area contributed by atoms with Crippen LogP contribution in [0.4, 0.5) is 4.39 Å². The van der Waals surface area contributed by atoms with Crippen LogP contribution in [0.15, 0.2) is 23.1 Å². The molecule has 0 saturated heterocycles. The van der Waals surface area contributed by atoms with Gasteiger partial charge >= 0.3 is 18.9 Å². The molecule has 2 nitrogen and oxygen atoms in total. The second-order valence-corrected chi connectivity index (χ2v) is 4.11. The van der Waals surface area contributed by atoms with Crippen molar-refractivity contribution in [3.63, 3.8) is 0 Å². The maximum Gasteiger partial charge on any atom is 1.00 e. The van der Waals surface area contributed by atoms with E-state index in [0.29, 0.717) is 5.92 Å². The molecule has 1 aliphatic carbocycles. The average Bonchev–Trinajstić information content (AvgIpc) is 2.85. The molecule has 0 spiro atoms. The van der Waals surface area contributed by atoms with Gasteiger partial charge in [0.15, 0.2) is 0 Å². The molecule has 1 unspecified atom stereocenters. The Bertz CT molecular complexity index is 366. The molecule has 0 radical (unpaired) electrons. The van der Waals surface area contributed by atoms with Crippen molar-refractivity contribution in [2.45, 2.75) is 23.7 Å². The van der Waals surface area contributed by atoms with Gasteiger partial charge in [-0.05, 0) is 47.5 Å². The molecule has 0 amide bonds. The summed E-state index contributed by atoms with van der Waals surface area (Å²) in [5.74, 6) is -0.193. The SMILES string of the molecule is O=S([O-])c1ccc(C2CC2)cc1F.[Li+]. The maximum absolute atomic E-state index is 13.1. The van der Waals surface area contributed by atoms with Crippen LogP contribution in [0, 0.1) is 5.82 Å². The van der Waals surface area contributed by atoms with Crippen LogP contribution in [-0.2, 0) is 11.1 Å². The molecule has 0 bridgehead atoms. The summed E-state index contributed by atoms with van der Waals surface area (Å²) in [6, 6.07) is 4.33. The Hall–Kier alpha value is -0.143. The molecule has 1 atom stereocenters. The average molecular weight is 206 g/mol. The van der Waals surface area contributed by atoms with Gasteiger partial charge in [-0.25, -0.2) is 4.39 Å². The third kappa shape index (κ3) is 2.46. The van der Waals surface area contributed by atoms with E-state index >= 15 is 0 Å². The van der Waals surface area contributed by atoms with Crippen LogP contribution in [0.3, 0.4) is 0 Å². The van der Waals surface area contributed by atoms with Crippen LogP contribution >= 0.6 is 0 Å². The fourth-order valence-electron chi connectivity index (χ4n) is 1.32. The first-order valence-corrected chi connectivity index (χ1v) is 5.14. The topological polar surface area (TPSA) is 40.1 Å². The Balaban J connectivity index is 0.000000980. The number of halogens is 1. The summed E-state index contributed by atoms with van der Waals surface area (Å²) in [7, 11) is 0. The van der Waals surface area contributed by atoms with Crippen LogP contribution in [0.5, 0.6) is 0 Å². The van der Waals surface area contributed by atoms with Crippen LogP contribution in [0.1, 0.15) is 24.3 Å². The van der Waals surface area contributed by atoms with E-state index in [9.17, 15) is 13.2 Å². The molecular formula is C9H8FLiO2S. The van der Waals surface area contributed by atoms with E-state index in [1.165, 1.54) is 12.1 Å². The van der Waals surface area contributed by atoms with Gasteiger partial charge in [-0.1, -0.05) is 6.07 Å². The summed E-state index contributed by atoms with van der Waals surface area (Å²) < 4.78 is 34.1. The molecule has 1 aliphatic rings. The van der Waals surface area contributed by atoms with Crippen molar-refractivity contribution in [1.82, 2.24) is 0 Å². The molecule has 5 heteroatoms. The van der Waals surface area contributed by atoms with E-state index in [-0.39, 0.29) is 23.8 Å². The second-order valence-electron chi connectivity index (χ2n) is 3.20. The Morgan fingerprint density at radius 3 is 2.50 bits per heavy atom. The van der Waals surface area contributed by atoms with Gasteiger partial charge in [-0.2, -0.15) is 0 Å². The normalized spacial score (nSPS) is 17.3. The summed E-state index contributed by atoms with van der Waals surface area (Å²) in [6.45, 7) is 0. The van der Waals surface area contributed by atoms with E-state index in [4.69, 9.17) is 0 Å². The second kappa shape index (κ2) is 4.58. The van der Waals surface area contributed by atoms with Gasteiger partial charge in [-0.3, -0.25) is 4.21 Å². The summed E-state index contributed by atoms with van der Waals surface area (Å²) in [5.41, 5.74) is 0.909. The molecular weight excluding hydrogens is 198 g/mol. The fraction of sp³-hybridized carbons (Fsp3) is 0.333. The van der Waals surface area contributed by atoms with E-state index in [2.05, 4.69) is 0 Å². The minimum Gasteiger partial charge on any atom is -0.768 e. The van der Waals surface area contributed by atoms with Gasteiger partial charge in [0.05, 0.1) is 4.90 Å². The zero-order chi connectivity index (χ0) is 9.42. The van der Waals surface area contributed by atoms with Crippen molar-refractivity contribution in [2.75, 3.05) is 0 Å². The Morgan fingerprint density at radius 2 is 2.07 bits per heavy atom. The van der Waals surface area contributed by atoms with Gasteiger partial charge in [-0.15, -0.1) is 0 Å². The van der Waals surface area contributed by atoms with Crippen molar-refractivity contribution < 1.29 is 32.0 Å². The van der Waals surface area contributed by atoms with Crippen LogP contribution in [0.2, 0.25) is 0 Å². The Kier molecular flexibility index (Phi) is 3.91. The van der Waals surface area contributed by atoms with Crippen molar-refractivity contribution >= 4 is 11.1 Å². The van der Waals surface area contributed by atoms with E-state index in [1.54, 1.807) is 6.07 Å². The van der Waals surface area contributed by atoms with Crippen molar-refractivity contribution in [3.8, 4) is 0 Å². The van der Waals surface area contributed by atoms with Crippen LogP contribution in [0.25, 0.3) is 0 Å². The zero-order valence-corrected chi connectivity index (χ0v) is 8.64. The molecule has 14 heavy (non-hydrogen) atoms. The third-order valence-electron chi connectivity index (χ3n) is 2.18. The first kappa shape index (κ1) is 11.9. The summed E-state index contributed by atoms with van der Waals surface area (Å²) in [4.78, 5) is -0.246. The van der Waals surface area contributed by atoms with Crippen molar-refractivity contribution in [1.29, 1.82) is 0 Å². The Labute approximate surface area is 96.4 Å². The molecule has 1 fully saturated rings. The van der Waals surface area contributed by atoms with Gasteiger partial charge in [0.1, 0.15) is 5.82 Å². The van der Waals surface area contributed by atoms with Gasteiger partial charge in [0, 0.05) is 0 Å².